The van der Waals surface area contributed by atoms with Crippen LogP contribution in [-0.4, -0.2) is 10.3 Å². The fourth-order valence-electron chi connectivity index (χ4n) is 0.479. The van der Waals surface area contributed by atoms with Crippen LogP contribution < -0.4 is 0 Å². The zero-order valence-electron chi connectivity index (χ0n) is 7.35. The Morgan fingerprint density at radius 2 is 1.90 bits per heavy atom. The molecule has 0 spiro atoms. The lowest BCUT2D eigenvalue weighted by Gasteiger charge is -2.25. The van der Waals surface area contributed by atoms with Gasteiger partial charge >= 0.3 is 0 Å². The fourth-order valence-corrected chi connectivity index (χ4v) is 1.75. The van der Waals surface area contributed by atoms with Crippen LogP contribution in [0, 0.1) is 5.41 Å². The van der Waals surface area contributed by atoms with Crippen molar-refractivity contribution in [2.45, 2.75) is 38.7 Å². The van der Waals surface area contributed by atoms with Crippen LogP contribution in [0.1, 0.15) is 34.1 Å². The molecule has 2 heteroatoms. The SMILES string of the molecule is CCCSC(S)C(C)(C)C. The Bertz CT molecular complexity index is 83.7. The predicted octanol–water partition coefficient (Wildman–Crippen LogP) is 3.43. The molecule has 0 N–H and O–H groups in total. The summed E-state index contributed by atoms with van der Waals surface area (Å²) < 4.78 is 0.479. The van der Waals surface area contributed by atoms with Gasteiger partial charge in [0.05, 0.1) is 4.58 Å². The van der Waals surface area contributed by atoms with Crippen molar-refractivity contribution >= 4 is 24.4 Å². The van der Waals surface area contributed by atoms with Gasteiger partial charge in [0.25, 0.3) is 0 Å². The summed E-state index contributed by atoms with van der Waals surface area (Å²) in [5.74, 6) is 1.23. The number of hydrogen-bond donors (Lipinski definition) is 1. The minimum absolute atomic E-state index is 0.336. The molecule has 0 aliphatic rings. The van der Waals surface area contributed by atoms with Gasteiger partial charge in [0, 0.05) is 0 Å². The molecule has 0 fully saturated rings. The van der Waals surface area contributed by atoms with E-state index in [9.17, 15) is 0 Å². The van der Waals surface area contributed by atoms with E-state index >= 15 is 0 Å². The molecule has 0 radical (unpaired) electrons. The summed E-state index contributed by atoms with van der Waals surface area (Å²) in [6.45, 7) is 8.89. The van der Waals surface area contributed by atoms with E-state index in [1.165, 1.54) is 12.2 Å². The smallest absolute Gasteiger partial charge is 0.0520 e. The highest BCUT2D eigenvalue weighted by Gasteiger charge is 2.20. The van der Waals surface area contributed by atoms with Crippen molar-refractivity contribution in [3.8, 4) is 0 Å². The van der Waals surface area contributed by atoms with Crippen LogP contribution in [0.2, 0.25) is 0 Å². The zero-order valence-corrected chi connectivity index (χ0v) is 9.06. The van der Waals surface area contributed by atoms with Crippen LogP contribution >= 0.6 is 24.4 Å². The van der Waals surface area contributed by atoms with Gasteiger partial charge in [-0.15, -0.1) is 11.8 Å². The number of hydrogen-bond acceptors (Lipinski definition) is 2. The molecule has 0 nitrogen and oxygen atoms in total. The molecule has 0 aromatic heterocycles. The molecular formula is C8H18S2. The lowest BCUT2D eigenvalue weighted by molar-refractivity contribution is 0.461. The first-order valence-electron chi connectivity index (χ1n) is 3.78. The Labute approximate surface area is 74.6 Å². The van der Waals surface area contributed by atoms with Gasteiger partial charge in [-0.2, -0.15) is 12.6 Å². The van der Waals surface area contributed by atoms with Crippen molar-refractivity contribution in [2.24, 2.45) is 5.41 Å². The summed E-state index contributed by atoms with van der Waals surface area (Å²) in [6.07, 6.45) is 1.25. The summed E-state index contributed by atoms with van der Waals surface area (Å²) in [5.41, 5.74) is 0.336. The van der Waals surface area contributed by atoms with Gasteiger partial charge < -0.3 is 0 Å². The highest BCUT2D eigenvalue weighted by Crippen LogP contribution is 2.32. The molecule has 0 saturated carbocycles. The quantitative estimate of drug-likeness (QED) is 0.510. The summed E-state index contributed by atoms with van der Waals surface area (Å²) in [4.78, 5) is 0. The van der Waals surface area contributed by atoms with Gasteiger partial charge in [0.2, 0.25) is 0 Å². The molecule has 0 heterocycles. The standard InChI is InChI=1S/C8H18S2/c1-5-6-10-7(9)8(2,3)4/h7,9H,5-6H2,1-4H3. The van der Waals surface area contributed by atoms with Crippen molar-refractivity contribution in [1.82, 2.24) is 0 Å². The minimum Gasteiger partial charge on any atom is -0.164 e. The van der Waals surface area contributed by atoms with Gasteiger partial charge in [0.15, 0.2) is 0 Å². The highest BCUT2D eigenvalue weighted by molar-refractivity contribution is 8.10. The largest absolute Gasteiger partial charge is 0.164 e. The molecule has 0 aliphatic carbocycles. The Balaban J connectivity index is 3.52. The second kappa shape index (κ2) is 4.55. The molecular weight excluding hydrogens is 160 g/mol. The van der Waals surface area contributed by atoms with Crippen LogP contribution in [0.5, 0.6) is 0 Å². The molecule has 0 bridgehead atoms. The van der Waals surface area contributed by atoms with E-state index < -0.39 is 0 Å². The summed E-state index contributed by atoms with van der Waals surface area (Å²) in [5, 5.41) is 0. The molecule has 1 unspecified atom stereocenters. The molecule has 0 saturated heterocycles. The van der Waals surface area contributed by atoms with Crippen molar-refractivity contribution in [2.75, 3.05) is 5.75 Å². The van der Waals surface area contributed by atoms with Crippen molar-refractivity contribution < 1.29 is 0 Å². The maximum atomic E-state index is 4.51. The molecule has 0 amide bonds. The number of rotatable bonds is 3. The predicted molar refractivity (Wildman–Crippen MR) is 55.0 cm³/mol. The molecule has 0 aromatic rings. The van der Waals surface area contributed by atoms with E-state index in [4.69, 9.17) is 0 Å². The maximum Gasteiger partial charge on any atom is 0.0520 e. The summed E-state index contributed by atoms with van der Waals surface area (Å²) in [6, 6.07) is 0. The van der Waals surface area contributed by atoms with Gasteiger partial charge in [-0.05, 0) is 17.6 Å². The van der Waals surface area contributed by atoms with Crippen molar-refractivity contribution in [3.63, 3.8) is 0 Å². The Kier molecular flexibility index (Phi) is 4.87. The highest BCUT2D eigenvalue weighted by atomic mass is 32.2. The van der Waals surface area contributed by atoms with Crippen LogP contribution in [0.4, 0.5) is 0 Å². The average Bonchev–Trinajstić information content (AvgIpc) is 1.80. The van der Waals surface area contributed by atoms with Crippen LogP contribution in [0.15, 0.2) is 0 Å². The first-order chi connectivity index (χ1) is 4.48. The van der Waals surface area contributed by atoms with E-state index in [1.807, 2.05) is 11.8 Å². The van der Waals surface area contributed by atoms with Gasteiger partial charge in [-0.3, -0.25) is 0 Å². The second-order valence-corrected chi connectivity index (χ2v) is 5.67. The van der Waals surface area contributed by atoms with Gasteiger partial charge in [-0.1, -0.05) is 27.7 Å². The maximum absolute atomic E-state index is 4.51. The monoisotopic (exact) mass is 178 g/mol. The second-order valence-electron chi connectivity index (χ2n) is 3.59. The molecule has 1 atom stereocenters. The Hall–Kier alpha value is 0.700. The normalized spacial score (nSPS) is 15.3. The van der Waals surface area contributed by atoms with E-state index in [1.54, 1.807) is 0 Å². The Morgan fingerprint density at radius 1 is 1.40 bits per heavy atom. The van der Waals surface area contributed by atoms with Crippen LogP contribution in [0.3, 0.4) is 0 Å². The first-order valence-corrected chi connectivity index (χ1v) is 5.34. The van der Waals surface area contributed by atoms with Crippen LogP contribution in [-0.2, 0) is 0 Å². The van der Waals surface area contributed by atoms with E-state index in [0.29, 0.717) is 10.00 Å². The lowest BCUT2D eigenvalue weighted by atomic mass is 10.0. The fraction of sp³-hybridized carbons (Fsp3) is 1.00. The third-order valence-electron chi connectivity index (χ3n) is 1.22. The van der Waals surface area contributed by atoms with Gasteiger partial charge in [-0.25, -0.2) is 0 Å². The lowest BCUT2D eigenvalue weighted by Crippen LogP contribution is -2.17. The topological polar surface area (TPSA) is 0 Å². The van der Waals surface area contributed by atoms with Crippen LogP contribution in [0.25, 0.3) is 0 Å². The number of thioether (sulfide) groups is 1. The van der Waals surface area contributed by atoms with E-state index in [0.717, 1.165) is 0 Å². The van der Waals surface area contributed by atoms with E-state index in [2.05, 4.69) is 40.3 Å². The summed E-state index contributed by atoms with van der Waals surface area (Å²) >= 11 is 6.46. The minimum atomic E-state index is 0.336. The summed E-state index contributed by atoms with van der Waals surface area (Å²) in [7, 11) is 0. The average molecular weight is 178 g/mol. The Morgan fingerprint density at radius 3 is 2.20 bits per heavy atom. The van der Waals surface area contributed by atoms with E-state index in [-0.39, 0.29) is 0 Å². The molecule has 62 valence electrons. The van der Waals surface area contributed by atoms with Crippen molar-refractivity contribution in [3.05, 3.63) is 0 Å². The third-order valence-corrected chi connectivity index (χ3v) is 4.11. The van der Waals surface area contributed by atoms with Crippen molar-refractivity contribution in [1.29, 1.82) is 0 Å². The third kappa shape index (κ3) is 4.51. The molecule has 0 aliphatic heterocycles. The zero-order chi connectivity index (χ0) is 8.20. The molecule has 0 aromatic carbocycles. The first kappa shape index (κ1) is 10.7. The van der Waals surface area contributed by atoms with Gasteiger partial charge in [0.1, 0.15) is 0 Å². The molecule has 10 heavy (non-hydrogen) atoms. The molecule has 0 rings (SSSR count). The number of thiol groups is 1.